The Morgan fingerprint density at radius 2 is 2.00 bits per heavy atom. The average molecular weight is 323 g/mol. The van der Waals surface area contributed by atoms with Crippen LogP contribution in [0, 0.1) is 0 Å². The van der Waals surface area contributed by atoms with Crippen molar-refractivity contribution < 1.29 is 19.5 Å². The molecule has 1 unspecified atom stereocenters. The van der Waals surface area contributed by atoms with E-state index in [0.717, 1.165) is 24.0 Å². The van der Waals surface area contributed by atoms with Gasteiger partial charge in [-0.2, -0.15) is 11.8 Å². The molecule has 1 aromatic rings. The Hall–Kier alpha value is -1.82. The molecule has 0 bridgehead atoms. The molecule has 0 saturated carbocycles. The third-order valence-electron chi connectivity index (χ3n) is 3.25. The molecule has 0 saturated heterocycles. The quantitative estimate of drug-likeness (QED) is 0.509. The van der Waals surface area contributed by atoms with E-state index in [1.54, 1.807) is 0 Å². The van der Waals surface area contributed by atoms with E-state index in [0.29, 0.717) is 5.75 Å². The van der Waals surface area contributed by atoms with Crippen LogP contribution in [0.25, 0.3) is 0 Å². The lowest BCUT2D eigenvalue weighted by Gasteiger charge is -2.18. The molecule has 22 heavy (non-hydrogen) atoms. The van der Waals surface area contributed by atoms with Crippen LogP contribution in [0.4, 0.5) is 0 Å². The Bertz CT molecular complexity index is 492. The smallest absolute Gasteiger partial charge is 0.325 e. The number of aldehydes is 1. The summed E-state index contributed by atoms with van der Waals surface area (Å²) >= 11 is 1.53. The van der Waals surface area contributed by atoms with Gasteiger partial charge in [0.1, 0.15) is 12.3 Å². The van der Waals surface area contributed by atoms with E-state index in [4.69, 9.17) is 5.11 Å². The van der Waals surface area contributed by atoms with Gasteiger partial charge >= 0.3 is 5.97 Å². The maximum atomic E-state index is 12.0. The lowest BCUT2D eigenvalue weighted by atomic mass is 9.93. The molecule has 0 spiro atoms. The molecule has 0 aliphatic rings. The van der Waals surface area contributed by atoms with Gasteiger partial charge in [-0.3, -0.25) is 9.59 Å². The number of thioether (sulfide) groups is 1. The maximum absolute atomic E-state index is 12.0. The van der Waals surface area contributed by atoms with Crippen LogP contribution >= 0.6 is 11.8 Å². The second kappa shape index (κ2) is 10.00. The summed E-state index contributed by atoms with van der Waals surface area (Å²) in [6, 6.07) is 8.77. The molecule has 0 aliphatic heterocycles. The first-order valence-corrected chi connectivity index (χ1v) is 8.28. The first-order chi connectivity index (χ1) is 10.5. The summed E-state index contributed by atoms with van der Waals surface area (Å²) in [6.07, 6.45) is 1.87. The van der Waals surface area contributed by atoms with Gasteiger partial charge in [0.25, 0.3) is 0 Å². The Morgan fingerprint density at radius 3 is 2.59 bits per heavy atom. The highest BCUT2D eigenvalue weighted by atomic mass is 32.2. The van der Waals surface area contributed by atoms with E-state index in [-0.39, 0.29) is 18.2 Å². The molecule has 2 N–H and O–H groups in total. The van der Waals surface area contributed by atoms with Crippen LogP contribution < -0.4 is 5.32 Å². The highest BCUT2D eigenvalue weighted by molar-refractivity contribution is 7.99. The topological polar surface area (TPSA) is 83.5 Å². The summed E-state index contributed by atoms with van der Waals surface area (Å²) in [6.45, 7) is 1.44. The van der Waals surface area contributed by atoms with Gasteiger partial charge < -0.3 is 15.2 Å². The van der Waals surface area contributed by atoms with Crippen molar-refractivity contribution in [3.05, 3.63) is 35.9 Å². The molecule has 0 aromatic heterocycles. The predicted octanol–water partition coefficient (Wildman–Crippen LogP) is 2.07. The number of hydrogen-bond acceptors (Lipinski definition) is 4. The van der Waals surface area contributed by atoms with Crippen molar-refractivity contribution >= 4 is 29.9 Å². The standard InChI is InChI=1S/C16H21NO4S/c1-12(16(20)21)17-15(19)11-14(7-9-22-10-8-18)13-5-3-2-4-6-13/h2-6,8,12,14H,7,9-11H2,1H3,(H,17,19)(H,20,21)/t12-,14?/m0/s1. The molecule has 5 nitrogen and oxygen atoms in total. The van der Waals surface area contributed by atoms with E-state index in [9.17, 15) is 14.4 Å². The van der Waals surface area contributed by atoms with Gasteiger partial charge in [0, 0.05) is 12.2 Å². The molecule has 0 aliphatic carbocycles. The lowest BCUT2D eigenvalue weighted by Crippen LogP contribution is -2.38. The summed E-state index contributed by atoms with van der Waals surface area (Å²) in [5, 5.41) is 11.3. The summed E-state index contributed by atoms with van der Waals surface area (Å²) in [5.74, 6) is -0.0827. The highest BCUT2D eigenvalue weighted by Gasteiger charge is 2.19. The summed E-state index contributed by atoms with van der Waals surface area (Å²) in [7, 11) is 0. The fourth-order valence-electron chi connectivity index (χ4n) is 2.05. The number of carbonyl (C=O) groups excluding carboxylic acids is 2. The molecular weight excluding hydrogens is 302 g/mol. The predicted molar refractivity (Wildman–Crippen MR) is 87.0 cm³/mol. The zero-order chi connectivity index (χ0) is 16.4. The third-order valence-corrected chi connectivity index (χ3v) is 4.14. The average Bonchev–Trinajstić information content (AvgIpc) is 2.51. The van der Waals surface area contributed by atoms with Gasteiger partial charge in [-0.05, 0) is 30.6 Å². The van der Waals surface area contributed by atoms with Crippen LogP contribution in [0.15, 0.2) is 30.3 Å². The Morgan fingerprint density at radius 1 is 1.32 bits per heavy atom. The second-order valence-electron chi connectivity index (χ2n) is 4.97. The van der Waals surface area contributed by atoms with Gasteiger partial charge in [0.05, 0.1) is 0 Å². The number of benzene rings is 1. The van der Waals surface area contributed by atoms with Gasteiger partial charge in [-0.25, -0.2) is 0 Å². The van der Waals surface area contributed by atoms with Crippen LogP contribution in [0.3, 0.4) is 0 Å². The van der Waals surface area contributed by atoms with Crippen molar-refractivity contribution in [3.8, 4) is 0 Å². The highest BCUT2D eigenvalue weighted by Crippen LogP contribution is 2.25. The number of carbonyl (C=O) groups is 3. The summed E-state index contributed by atoms with van der Waals surface area (Å²) in [5.41, 5.74) is 1.05. The number of amides is 1. The van der Waals surface area contributed by atoms with E-state index in [2.05, 4.69) is 5.32 Å². The van der Waals surface area contributed by atoms with Gasteiger partial charge in [-0.15, -0.1) is 0 Å². The number of carboxylic acids is 1. The van der Waals surface area contributed by atoms with Crippen molar-refractivity contribution in [2.75, 3.05) is 11.5 Å². The third kappa shape index (κ3) is 6.76. The SMILES string of the molecule is C[C@H](NC(=O)CC(CCSCC=O)c1ccccc1)C(=O)O. The number of hydrogen-bond donors (Lipinski definition) is 2. The molecule has 120 valence electrons. The first kappa shape index (κ1) is 18.2. The van der Waals surface area contributed by atoms with Gasteiger partial charge in [0.15, 0.2) is 0 Å². The number of aliphatic carboxylic acids is 1. The van der Waals surface area contributed by atoms with Crippen LogP contribution in [0.1, 0.15) is 31.2 Å². The molecule has 0 heterocycles. The van der Waals surface area contributed by atoms with Crippen molar-refractivity contribution in [1.82, 2.24) is 5.32 Å². The Balaban J connectivity index is 2.63. The maximum Gasteiger partial charge on any atom is 0.325 e. The summed E-state index contributed by atoms with van der Waals surface area (Å²) < 4.78 is 0. The van der Waals surface area contributed by atoms with Crippen LogP contribution in [-0.2, 0) is 14.4 Å². The molecule has 0 radical (unpaired) electrons. The Labute approximate surface area is 134 Å². The van der Waals surface area contributed by atoms with Crippen LogP contribution in [0.5, 0.6) is 0 Å². The molecule has 1 aromatic carbocycles. The largest absolute Gasteiger partial charge is 0.480 e. The molecule has 1 rings (SSSR count). The monoisotopic (exact) mass is 323 g/mol. The zero-order valence-corrected chi connectivity index (χ0v) is 13.3. The molecule has 2 atom stereocenters. The fourth-order valence-corrected chi connectivity index (χ4v) is 2.77. The molecular formula is C16H21NO4S. The normalized spacial score (nSPS) is 13.1. The zero-order valence-electron chi connectivity index (χ0n) is 12.5. The first-order valence-electron chi connectivity index (χ1n) is 7.13. The molecule has 6 heteroatoms. The van der Waals surface area contributed by atoms with Crippen molar-refractivity contribution in [2.24, 2.45) is 0 Å². The fraction of sp³-hybridized carbons (Fsp3) is 0.438. The van der Waals surface area contributed by atoms with Crippen LogP contribution in [0.2, 0.25) is 0 Å². The van der Waals surface area contributed by atoms with Gasteiger partial charge in [-0.1, -0.05) is 30.3 Å². The lowest BCUT2D eigenvalue weighted by molar-refractivity contribution is -0.141. The second-order valence-corrected chi connectivity index (χ2v) is 6.12. The van der Waals surface area contributed by atoms with Crippen molar-refractivity contribution in [2.45, 2.75) is 31.7 Å². The Kier molecular flexibility index (Phi) is 8.28. The minimum atomic E-state index is -1.05. The van der Waals surface area contributed by atoms with Crippen molar-refractivity contribution in [3.63, 3.8) is 0 Å². The van der Waals surface area contributed by atoms with E-state index in [1.807, 2.05) is 30.3 Å². The number of nitrogens with one attached hydrogen (secondary N) is 1. The minimum absolute atomic E-state index is 0.0151. The number of rotatable bonds is 10. The number of carboxylic acid groups (broad SMARTS) is 1. The van der Waals surface area contributed by atoms with E-state index >= 15 is 0 Å². The van der Waals surface area contributed by atoms with E-state index in [1.165, 1.54) is 18.7 Å². The van der Waals surface area contributed by atoms with Crippen LogP contribution in [-0.4, -0.2) is 40.8 Å². The molecule has 1 amide bonds. The molecule has 0 fully saturated rings. The van der Waals surface area contributed by atoms with E-state index < -0.39 is 12.0 Å². The minimum Gasteiger partial charge on any atom is -0.480 e. The van der Waals surface area contributed by atoms with Crippen molar-refractivity contribution in [1.29, 1.82) is 0 Å². The summed E-state index contributed by atoms with van der Waals surface area (Å²) in [4.78, 5) is 33.1. The van der Waals surface area contributed by atoms with Gasteiger partial charge in [0.2, 0.25) is 5.91 Å².